The summed E-state index contributed by atoms with van der Waals surface area (Å²) >= 11 is 0. The first-order valence-electron chi connectivity index (χ1n) is 10.1. The lowest BCUT2D eigenvalue weighted by atomic mass is 9.70. The van der Waals surface area contributed by atoms with Gasteiger partial charge < -0.3 is 9.47 Å². The molecule has 1 aromatic carbocycles. The van der Waals surface area contributed by atoms with E-state index in [1.165, 1.54) is 18.4 Å². The second kappa shape index (κ2) is 5.54. The number of nitrogens with zero attached hydrogens (tertiary/aromatic N) is 1. The molecule has 0 radical (unpaired) electrons. The molecule has 2 aliphatic carbocycles. The maximum Gasteiger partial charge on any atom is 0.136 e. The van der Waals surface area contributed by atoms with Crippen LogP contribution in [-0.2, 0) is 20.9 Å². The molecule has 6 atom stereocenters. The third kappa shape index (κ3) is 2.22. The summed E-state index contributed by atoms with van der Waals surface area (Å²) in [5, 5.41) is 2.22. The summed E-state index contributed by atoms with van der Waals surface area (Å²) in [4.78, 5) is 6.50. The van der Waals surface area contributed by atoms with Gasteiger partial charge in [-0.1, -0.05) is 51.1 Å². The zero-order valence-corrected chi connectivity index (χ0v) is 16.4. The zero-order chi connectivity index (χ0) is 18.2. The lowest BCUT2D eigenvalue weighted by molar-refractivity contribution is -0.237. The van der Waals surface area contributed by atoms with Gasteiger partial charge in [-0.15, -0.1) is 0 Å². The molecule has 0 aromatic heterocycles. The fraction of sp³-hybridized carbons (Fsp3) is 0.727. The summed E-state index contributed by atoms with van der Waals surface area (Å²) in [5.74, 6) is 0.662. The second-order valence-electron chi connectivity index (χ2n) is 9.87. The number of benzene rings is 1. The van der Waals surface area contributed by atoms with E-state index in [9.17, 15) is 0 Å². The third-order valence-corrected chi connectivity index (χ3v) is 8.06. The first-order valence-corrected chi connectivity index (χ1v) is 10.1. The predicted octanol–water partition coefficient (Wildman–Crippen LogP) is 4.15. The van der Waals surface area contributed by atoms with Crippen LogP contribution in [-0.4, -0.2) is 35.6 Å². The first kappa shape index (κ1) is 17.2. The van der Waals surface area contributed by atoms with Crippen molar-refractivity contribution in [2.45, 2.75) is 77.5 Å². The van der Waals surface area contributed by atoms with Gasteiger partial charge in [0.05, 0.1) is 25.4 Å². The van der Waals surface area contributed by atoms with Crippen molar-refractivity contribution in [2.75, 3.05) is 6.61 Å². The smallest absolute Gasteiger partial charge is 0.136 e. The van der Waals surface area contributed by atoms with Crippen molar-refractivity contribution >= 4 is 0 Å². The van der Waals surface area contributed by atoms with Gasteiger partial charge in [-0.25, -0.2) is 0 Å². The minimum absolute atomic E-state index is 0.0892. The molecule has 2 saturated carbocycles. The minimum Gasteiger partial charge on any atom is -0.374 e. The Morgan fingerprint density at radius 3 is 2.69 bits per heavy atom. The van der Waals surface area contributed by atoms with Crippen LogP contribution < -0.4 is 0 Å². The SMILES string of the molecule is CC1(COCc2ccccc2)CC2O[C@@H]3C(C4CCC3(C)C4(C)C)N2O1. The van der Waals surface area contributed by atoms with Crippen LogP contribution in [0.4, 0.5) is 0 Å². The Morgan fingerprint density at radius 1 is 1.15 bits per heavy atom. The molecule has 4 fully saturated rings. The van der Waals surface area contributed by atoms with E-state index >= 15 is 0 Å². The highest BCUT2D eigenvalue weighted by Crippen LogP contribution is 2.70. The van der Waals surface area contributed by atoms with Crippen molar-refractivity contribution in [2.24, 2.45) is 16.7 Å². The van der Waals surface area contributed by atoms with E-state index in [-0.39, 0.29) is 17.2 Å². The number of hydroxylamine groups is 2. The van der Waals surface area contributed by atoms with Gasteiger partial charge in [0, 0.05) is 11.8 Å². The maximum atomic E-state index is 6.59. The highest BCUT2D eigenvalue weighted by Gasteiger charge is 2.73. The average Bonchev–Trinajstić information content (AvgIpc) is 3.21. The molecule has 2 saturated heterocycles. The van der Waals surface area contributed by atoms with Crippen LogP contribution in [0.15, 0.2) is 30.3 Å². The van der Waals surface area contributed by atoms with Crippen LogP contribution in [0, 0.1) is 16.7 Å². The molecule has 2 heterocycles. The number of hydrogen-bond acceptors (Lipinski definition) is 4. The molecule has 0 spiro atoms. The van der Waals surface area contributed by atoms with Gasteiger partial charge in [0.1, 0.15) is 11.8 Å². The molecule has 4 nitrogen and oxygen atoms in total. The number of ether oxygens (including phenoxy) is 2. The van der Waals surface area contributed by atoms with Crippen LogP contribution in [0.5, 0.6) is 0 Å². The summed E-state index contributed by atoms with van der Waals surface area (Å²) in [6.45, 7) is 10.7. The quantitative estimate of drug-likeness (QED) is 0.810. The van der Waals surface area contributed by atoms with Crippen molar-refractivity contribution in [1.29, 1.82) is 0 Å². The van der Waals surface area contributed by atoms with Crippen LogP contribution in [0.25, 0.3) is 0 Å². The van der Waals surface area contributed by atoms with Crippen molar-refractivity contribution in [1.82, 2.24) is 5.06 Å². The monoisotopic (exact) mass is 357 g/mol. The molecule has 0 amide bonds. The zero-order valence-electron chi connectivity index (χ0n) is 16.4. The molecule has 142 valence electrons. The maximum absolute atomic E-state index is 6.59. The fourth-order valence-electron chi connectivity index (χ4n) is 6.18. The Balaban J connectivity index is 1.26. The average molecular weight is 357 g/mol. The van der Waals surface area contributed by atoms with Crippen LogP contribution in [0.1, 0.15) is 52.5 Å². The highest BCUT2D eigenvalue weighted by molar-refractivity contribution is 5.20. The Hall–Kier alpha value is -0.940. The molecule has 5 unspecified atom stereocenters. The van der Waals surface area contributed by atoms with E-state index in [0.717, 1.165) is 6.42 Å². The van der Waals surface area contributed by atoms with E-state index < -0.39 is 0 Å². The molecule has 2 aliphatic heterocycles. The largest absolute Gasteiger partial charge is 0.374 e. The Labute approximate surface area is 156 Å². The Bertz CT molecular complexity index is 692. The van der Waals surface area contributed by atoms with Gasteiger partial charge >= 0.3 is 0 Å². The van der Waals surface area contributed by atoms with Gasteiger partial charge in [0.25, 0.3) is 0 Å². The molecule has 5 rings (SSSR count). The summed E-state index contributed by atoms with van der Waals surface area (Å²) in [6, 6.07) is 10.7. The van der Waals surface area contributed by atoms with Crippen LogP contribution in [0.2, 0.25) is 0 Å². The molecule has 26 heavy (non-hydrogen) atoms. The van der Waals surface area contributed by atoms with Crippen molar-refractivity contribution < 1.29 is 14.3 Å². The number of fused-ring (bicyclic) bond motifs is 7. The lowest BCUT2D eigenvalue weighted by Gasteiger charge is -2.38. The summed E-state index contributed by atoms with van der Waals surface area (Å²) in [5.41, 5.74) is 1.50. The molecular formula is C22H31NO3. The van der Waals surface area contributed by atoms with Gasteiger partial charge in [-0.05, 0) is 36.7 Å². The van der Waals surface area contributed by atoms with E-state index in [2.05, 4.69) is 44.9 Å². The number of rotatable bonds is 4. The molecular weight excluding hydrogens is 326 g/mol. The standard InChI is InChI=1S/C22H31NO3/c1-20(2)16-10-11-22(20,4)19-18(16)23-17(25-19)12-21(3,26-23)14-24-13-15-8-6-5-7-9-15/h5-9,16-19H,10-14H2,1-4H3/t16?,17?,18?,19-,21?,22?/m1/s1. The lowest BCUT2D eigenvalue weighted by Crippen LogP contribution is -2.44. The third-order valence-electron chi connectivity index (χ3n) is 8.06. The van der Waals surface area contributed by atoms with Gasteiger partial charge in [0.2, 0.25) is 0 Å². The van der Waals surface area contributed by atoms with Crippen molar-refractivity contribution in [3.05, 3.63) is 35.9 Å². The van der Waals surface area contributed by atoms with Gasteiger partial charge in [-0.2, -0.15) is 5.06 Å². The van der Waals surface area contributed by atoms with E-state index in [1.54, 1.807) is 0 Å². The van der Waals surface area contributed by atoms with Gasteiger partial charge in [-0.3, -0.25) is 4.84 Å². The van der Waals surface area contributed by atoms with E-state index in [1.807, 2.05) is 18.2 Å². The Kier molecular flexibility index (Phi) is 3.66. The highest BCUT2D eigenvalue weighted by atomic mass is 16.8. The molecule has 4 aliphatic rings. The van der Waals surface area contributed by atoms with Crippen LogP contribution in [0.3, 0.4) is 0 Å². The molecule has 4 heteroatoms. The van der Waals surface area contributed by atoms with E-state index in [0.29, 0.717) is 36.7 Å². The minimum atomic E-state index is -0.294. The topological polar surface area (TPSA) is 30.9 Å². The summed E-state index contributed by atoms with van der Waals surface area (Å²) in [7, 11) is 0. The predicted molar refractivity (Wildman–Crippen MR) is 99.1 cm³/mol. The van der Waals surface area contributed by atoms with E-state index in [4.69, 9.17) is 14.3 Å². The fourth-order valence-corrected chi connectivity index (χ4v) is 6.18. The summed E-state index contributed by atoms with van der Waals surface area (Å²) < 4.78 is 12.6. The van der Waals surface area contributed by atoms with Crippen LogP contribution >= 0.6 is 0 Å². The number of hydrogen-bond donors (Lipinski definition) is 0. The second-order valence-corrected chi connectivity index (χ2v) is 9.87. The van der Waals surface area contributed by atoms with Gasteiger partial charge in [0.15, 0.2) is 0 Å². The van der Waals surface area contributed by atoms with Crippen molar-refractivity contribution in [3.63, 3.8) is 0 Å². The molecule has 2 bridgehead atoms. The molecule has 0 N–H and O–H groups in total. The molecule has 1 aromatic rings. The van der Waals surface area contributed by atoms with Crippen molar-refractivity contribution in [3.8, 4) is 0 Å². The first-order chi connectivity index (χ1) is 12.3. The Morgan fingerprint density at radius 2 is 1.92 bits per heavy atom. The normalized spacial score (nSPS) is 45.8. The summed E-state index contributed by atoms with van der Waals surface area (Å²) in [6.07, 6.45) is 3.87.